The van der Waals surface area contributed by atoms with Gasteiger partial charge in [-0.3, -0.25) is 9.20 Å². The second-order valence-electron chi connectivity index (χ2n) is 9.48. The van der Waals surface area contributed by atoms with Crippen molar-refractivity contribution >= 4 is 28.4 Å². The van der Waals surface area contributed by atoms with Crippen molar-refractivity contribution in [1.29, 1.82) is 0 Å². The summed E-state index contributed by atoms with van der Waals surface area (Å²) in [6, 6.07) is 13.6. The van der Waals surface area contributed by atoms with Gasteiger partial charge < -0.3 is 14.2 Å². The molecule has 2 heterocycles. The highest BCUT2D eigenvalue weighted by atomic mass is 32.1. The number of benzene rings is 2. The van der Waals surface area contributed by atoms with Crippen LogP contribution in [-0.2, 0) is 0 Å². The Kier molecular flexibility index (Phi) is 6.23. The molecule has 4 aromatic rings. The lowest BCUT2D eigenvalue weighted by atomic mass is 10.0. The van der Waals surface area contributed by atoms with E-state index in [1.54, 1.807) is 17.7 Å². The fourth-order valence-corrected chi connectivity index (χ4v) is 4.85. The number of aromatic nitrogens is 2. The Morgan fingerprint density at radius 3 is 2.47 bits per heavy atom. The van der Waals surface area contributed by atoms with E-state index in [9.17, 15) is 4.79 Å². The molecule has 0 radical (unpaired) electrons. The number of hydrogen-bond donors (Lipinski definition) is 0. The van der Waals surface area contributed by atoms with E-state index in [1.807, 2.05) is 60.0 Å². The standard InChI is InChI=1S/C29H28N2O4S/c1-33-25-4-2-3-22(27(25)35-18-20-7-8-20)11-14-24-26(28(32)31-15-16-36-29(31)30-24)21-9-12-23(13-10-21)34-17-19-5-6-19/h2-4,9-16,19-20H,5-8,17-18H2,1H3. The van der Waals surface area contributed by atoms with Gasteiger partial charge in [-0.05, 0) is 73.4 Å². The van der Waals surface area contributed by atoms with Crippen LogP contribution in [0.25, 0.3) is 28.2 Å². The van der Waals surface area contributed by atoms with Crippen LogP contribution in [0.1, 0.15) is 36.9 Å². The molecule has 2 fully saturated rings. The molecule has 0 N–H and O–H groups in total. The SMILES string of the molecule is COc1cccc(C=Cc2nc3sccn3c(=O)c2-c2ccc(OCC3CC3)cc2)c1OCC1CC1. The van der Waals surface area contributed by atoms with Crippen LogP contribution in [0, 0.1) is 11.8 Å². The van der Waals surface area contributed by atoms with Gasteiger partial charge >= 0.3 is 0 Å². The van der Waals surface area contributed by atoms with E-state index in [2.05, 4.69) is 0 Å². The first-order valence-electron chi connectivity index (χ1n) is 12.4. The van der Waals surface area contributed by atoms with Crippen molar-refractivity contribution in [3.8, 4) is 28.4 Å². The Morgan fingerprint density at radius 2 is 1.75 bits per heavy atom. The average molecular weight is 501 g/mol. The van der Waals surface area contributed by atoms with E-state index in [4.69, 9.17) is 19.2 Å². The summed E-state index contributed by atoms with van der Waals surface area (Å²) in [6.07, 6.45) is 10.5. The van der Waals surface area contributed by atoms with Crippen LogP contribution in [0.15, 0.2) is 58.8 Å². The molecule has 2 saturated carbocycles. The molecule has 7 heteroatoms. The fourth-order valence-electron chi connectivity index (χ4n) is 4.14. The zero-order valence-corrected chi connectivity index (χ0v) is 21.0. The fraction of sp³-hybridized carbons (Fsp3) is 0.310. The largest absolute Gasteiger partial charge is 0.493 e. The van der Waals surface area contributed by atoms with Gasteiger partial charge in [-0.15, -0.1) is 11.3 Å². The highest BCUT2D eigenvalue weighted by molar-refractivity contribution is 7.15. The predicted molar refractivity (Wildman–Crippen MR) is 143 cm³/mol. The van der Waals surface area contributed by atoms with Gasteiger partial charge in [-0.1, -0.05) is 24.3 Å². The summed E-state index contributed by atoms with van der Waals surface area (Å²) in [6.45, 7) is 1.44. The molecule has 36 heavy (non-hydrogen) atoms. The third kappa shape index (κ3) is 4.88. The maximum atomic E-state index is 13.5. The molecule has 0 atom stereocenters. The van der Waals surface area contributed by atoms with E-state index in [1.165, 1.54) is 37.0 Å². The third-order valence-corrected chi connectivity index (χ3v) is 7.39. The summed E-state index contributed by atoms with van der Waals surface area (Å²) < 4.78 is 19.2. The monoisotopic (exact) mass is 500 g/mol. The molecule has 0 amide bonds. The Bertz CT molecular complexity index is 1460. The molecule has 0 unspecified atom stereocenters. The summed E-state index contributed by atoms with van der Waals surface area (Å²) in [5, 5.41) is 1.88. The van der Waals surface area contributed by atoms with Gasteiger partial charge in [0.25, 0.3) is 5.56 Å². The van der Waals surface area contributed by atoms with Crippen LogP contribution in [0.5, 0.6) is 17.2 Å². The molecule has 6 nitrogen and oxygen atoms in total. The first kappa shape index (κ1) is 22.9. The zero-order chi connectivity index (χ0) is 24.5. The Labute approximate surface area is 213 Å². The van der Waals surface area contributed by atoms with Crippen molar-refractivity contribution in [1.82, 2.24) is 9.38 Å². The van der Waals surface area contributed by atoms with Gasteiger partial charge in [0.05, 0.1) is 31.6 Å². The van der Waals surface area contributed by atoms with Crippen molar-refractivity contribution in [2.24, 2.45) is 11.8 Å². The van der Waals surface area contributed by atoms with Crippen molar-refractivity contribution < 1.29 is 14.2 Å². The number of rotatable bonds is 10. The molecule has 2 aliphatic carbocycles. The normalized spacial score (nSPS) is 15.5. The van der Waals surface area contributed by atoms with E-state index in [0.717, 1.165) is 29.2 Å². The molecule has 0 spiro atoms. The minimum absolute atomic E-state index is 0.0941. The zero-order valence-electron chi connectivity index (χ0n) is 20.2. The van der Waals surface area contributed by atoms with Crippen LogP contribution in [0.3, 0.4) is 0 Å². The number of methoxy groups -OCH3 is 1. The quantitative estimate of drug-likeness (QED) is 0.260. The van der Waals surface area contributed by atoms with E-state index >= 15 is 0 Å². The van der Waals surface area contributed by atoms with Crippen LogP contribution < -0.4 is 19.8 Å². The molecule has 184 valence electrons. The van der Waals surface area contributed by atoms with Gasteiger partial charge in [0.2, 0.25) is 0 Å². The number of nitrogens with zero attached hydrogens (tertiary/aromatic N) is 2. The van der Waals surface area contributed by atoms with Gasteiger partial charge in [-0.2, -0.15) is 0 Å². The molecule has 2 aromatic heterocycles. The summed E-state index contributed by atoms with van der Waals surface area (Å²) in [4.78, 5) is 19.0. The van der Waals surface area contributed by atoms with Crippen molar-refractivity contribution in [2.75, 3.05) is 20.3 Å². The Balaban J connectivity index is 1.37. The van der Waals surface area contributed by atoms with Gasteiger partial charge in [0.15, 0.2) is 16.5 Å². The highest BCUT2D eigenvalue weighted by Crippen LogP contribution is 2.36. The maximum Gasteiger partial charge on any atom is 0.266 e. The minimum Gasteiger partial charge on any atom is -0.493 e. The summed E-state index contributed by atoms with van der Waals surface area (Å²) in [5.41, 5.74) is 2.77. The molecule has 2 aromatic carbocycles. The summed E-state index contributed by atoms with van der Waals surface area (Å²) in [5.74, 6) is 3.54. The van der Waals surface area contributed by atoms with E-state index in [-0.39, 0.29) is 5.56 Å². The van der Waals surface area contributed by atoms with Crippen LogP contribution in [-0.4, -0.2) is 29.7 Å². The Hall–Kier alpha value is -3.58. The molecule has 6 rings (SSSR count). The molecule has 0 bridgehead atoms. The number of fused-ring (bicyclic) bond motifs is 1. The lowest BCUT2D eigenvalue weighted by molar-refractivity contribution is 0.280. The van der Waals surface area contributed by atoms with Gasteiger partial charge in [0.1, 0.15) is 5.75 Å². The molecule has 0 aliphatic heterocycles. The maximum absolute atomic E-state index is 13.5. The van der Waals surface area contributed by atoms with E-state index in [0.29, 0.717) is 40.4 Å². The highest BCUT2D eigenvalue weighted by Gasteiger charge is 2.24. The second-order valence-corrected chi connectivity index (χ2v) is 10.4. The number of ether oxygens (including phenoxy) is 3. The lowest BCUT2D eigenvalue weighted by Crippen LogP contribution is -2.17. The lowest BCUT2D eigenvalue weighted by Gasteiger charge is -2.13. The summed E-state index contributed by atoms with van der Waals surface area (Å²) in [7, 11) is 1.65. The van der Waals surface area contributed by atoms with Crippen LogP contribution in [0.2, 0.25) is 0 Å². The van der Waals surface area contributed by atoms with Crippen molar-refractivity contribution in [3.05, 3.63) is 75.7 Å². The first-order valence-corrected chi connectivity index (χ1v) is 13.3. The summed E-state index contributed by atoms with van der Waals surface area (Å²) >= 11 is 1.44. The second kappa shape index (κ2) is 9.82. The average Bonchev–Trinajstić information content (AvgIpc) is 3.84. The predicted octanol–water partition coefficient (Wildman–Crippen LogP) is 6.18. The molecular weight excluding hydrogens is 472 g/mol. The van der Waals surface area contributed by atoms with Crippen LogP contribution in [0.4, 0.5) is 0 Å². The first-order chi connectivity index (χ1) is 17.7. The molecular formula is C29H28N2O4S. The smallest absolute Gasteiger partial charge is 0.266 e. The molecule has 0 saturated heterocycles. The van der Waals surface area contributed by atoms with Gasteiger partial charge in [-0.25, -0.2) is 4.98 Å². The van der Waals surface area contributed by atoms with Crippen LogP contribution >= 0.6 is 11.3 Å². The van der Waals surface area contributed by atoms with Crippen molar-refractivity contribution in [2.45, 2.75) is 25.7 Å². The van der Waals surface area contributed by atoms with Crippen molar-refractivity contribution in [3.63, 3.8) is 0 Å². The third-order valence-electron chi connectivity index (χ3n) is 6.63. The number of thiazole rings is 1. The van der Waals surface area contributed by atoms with E-state index < -0.39 is 0 Å². The van der Waals surface area contributed by atoms with Gasteiger partial charge in [0, 0.05) is 17.1 Å². The Morgan fingerprint density at radius 1 is 1.00 bits per heavy atom. The minimum atomic E-state index is -0.0941. The number of hydrogen-bond acceptors (Lipinski definition) is 6. The number of para-hydroxylation sites is 1. The molecule has 2 aliphatic rings. The topological polar surface area (TPSA) is 62.1 Å².